The molecule has 0 spiro atoms. The van der Waals surface area contributed by atoms with Gasteiger partial charge in [0, 0.05) is 24.7 Å². The molecule has 1 saturated heterocycles. The first-order valence-electron chi connectivity index (χ1n) is 6.29. The predicted octanol–water partition coefficient (Wildman–Crippen LogP) is 3.16. The van der Waals surface area contributed by atoms with Crippen LogP contribution in [0.3, 0.4) is 0 Å². The zero-order valence-corrected chi connectivity index (χ0v) is 11.1. The maximum atomic E-state index is 5.94. The highest BCUT2D eigenvalue weighted by Crippen LogP contribution is 2.16. The lowest BCUT2D eigenvalue weighted by atomic mass is 10.0. The molecule has 2 rings (SSSR count). The fraction of sp³-hybridized carbons (Fsp3) is 0.571. The highest BCUT2D eigenvalue weighted by molar-refractivity contribution is 6.30. The summed E-state index contributed by atoms with van der Waals surface area (Å²) in [6, 6.07) is 6.07. The Kier molecular flexibility index (Phi) is 4.84. The lowest BCUT2D eigenvalue weighted by Gasteiger charge is -2.22. The van der Waals surface area contributed by atoms with Gasteiger partial charge in [-0.2, -0.15) is 0 Å². The van der Waals surface area contributed by atoms with E-state index in [0.29, 0.717) is 5.92 Å². The summed E-state index contributed by atoms with van der Waals surface area (Å²) in [5.41, 5.74) is 2.58. The van der Waals surface area contributed by atoms with Crippen LogP contribution in [0.15, 0.2) is 18.2 Å². The van der Waals surface area contributed by atoms with Gasteiger partial charge in [-0.25, -0.2) is 0 Å². The molecule has 1 atom stereocenters. The summed E-state index contributed by atoms with van der Waals surface area (Å²) in [5, 5.41) is 4.32. The van der Waals surface area contributed by atoms with Gasteiger partial charge in [0.05, 0.1) is 6.61 Å². The van der Waals surface area contributed by atoms with E-state index in [1.54, 1.807) is 0 Å². The lowest BCUT2D eigenvalue weighted by molar-refractivity contribution is 0.0547. The Morgan fingerprint density at radius 1 is 1.47 bits per heavy atom. The molecule has 94 valence electrons. The highest BCUT2D eigenvalue weighted by atomic mass is 35.5. The Bertz CT molecular complexity index is 361. The number of rotatable bonds is 4. The Hall–Kier alpha value is -0.570. The first-order chi connectivity index (χ1) is 8.25. The summed E-state index contributed by atoms with van der Waals surface area (Å²) >= 11 is 5.94. The number of hydrogen-bond acceptors (Lipinski definition) is 2. The molecule has 1 heterocycles. The van der Waals surface area contributed by atoms with Crippen molar-refractivity contribution in [1.82, 2.24) is 5.32 Å². The van der Waals surface area contributed by atoms with E-state index in [2.05, 4.69) is 18.3 Å². The lowest BCUT2D eigenvalue weighted by Crippen LogP contribution is -2.29. The molecule has 2 nitrogen and oxygen atoms in total. The second-order valence-electron chi connectivity index (χ2n) is 4.78. The van der Waals surface area contributed by atoms with Gasteiger partial charge in [-0.15, -0.1) is 0 Å². The number of aryl methyl sites for hydroxylation is 1. The molecule has 1 aliphatic rings. The van der Waals surface area contributed by atoms with Gasteiger partial charge in [0.1, 0.15) is 0 Å². The molecule has 0 amide bonds. The summed E-state index contributed by atoms with van der Waals surface area (Å²) in [4.78, 5) is 0. The van der Waals surface area contributed by atoms with Crippen LogP contribution < -0.4 is 5.32 Å². The van der Waals surface area contributed by atoms with Crippen LogP contribution in [0, 0.1) is 12.8 Å². The standard InChI is InChI=1S/C14H20ClNO/c1-11-7-14(15)5-4-13(11)9-16-8-12-3-2-6-17-10-12/h4-5,7,12,16H,2-3,6,8-10H2,1H3. The van der Waals surface area contributed by atoms with E-state index in [1.165, 1.54) is 24.0 Å². The Labute approximate surface area is 108 Å². The number of ether oxygens (including phenoxy) is 1. The second kappa shape index (κ2) is 6.39. The van der Waals surface area contributed by atoms with Gasteiger partial charge in [0.15, 0.2) is 0 Å². The molecule has 0 aromatic heterocycles. The van der Waals surface area contributed by atoms with E-state index in [1.807, 2.05) is 12.1 Å². The topological polar surface area (TPSA) is 21.3 Å². The van der Waals surface area contributed by atoms with Crippen molar-refractivity contribution in [2.45, 2.75) is 26.3 Å². The van der Waals surface area contributed by atoms with Gasteiger partial charge in [0.2, 0.25) is 0 Å². The summed E-state index contributed by atoms with van der Waals surface area (Å²) in [6.45, 7) is 5.91. The third-order valence-corrected chi connectivity index (χ3v) is 3.54. The summed E-state index contributed by atoms with van der Waals surface area (Å²) in [5.74, 6) is 0.677. The van der Waals surface area contributed by atoms with Crippen molar-refractivity contribution < 1.29 is 4.74 Å². The number of hydrogen-bond donors (Lipinski definition) is 1. The van der Waals surface area contributed by atoms with Crippen LogP contribution in [0.2, 0.25) is 5.02 Å². The Balaban J connectivity index is 1.77. The summed E-state index contributed by atoms with van der Waals surface area (Å²) in [7, 11) is 0. The zero-order valence-electron chi connectivity index (χ0n) is 10.3. The number of benzene rings is 1. The molecule has 17 heavy (non-hydrogen) atoms. The van der Waals surface area contributed by atoms with E-state index in [-0.39, 0.29) is 0 Å². The minimum atomic E-state index is 0.677. The van der Waals surface area contributed by atoms with Crippen molar-refractivity contribution in [1.29, 1.82) is 0 Å². The number of halogens is 1. The molecule has 1 aromatic carbocycles. The van der Waals surface area contributed by atoms with Crippen LogP contribution >= 0.6 is 11.6 Å². The largest absolute Gasteiger partial charge is 0.381 e. The minimum absolute atomic E-state index is 0.677. The first-order valence-corrected chi connectivity index (χ1v) is 6.67. The quantitative estimate of drug-likeness (QED) is 0.890. The molecule has 0 aliphatic carbocycles. The zero-order chi connectivity index (χ0) is 12.1. The average molecular weight is 254 g/mol. The SMILES string of the molecule is Cc1cc(Cl)ccc1CNCC1CCCOC1. The van der Waals surface area contributed by atoms with Crippen molar-refractivity contribution >= 4 is 11.6 Å². The molecule has 1 unspecified atom stereocenters. The van der Waals surface area contributed by atoms with E-state index in [9.17, 15) is 0 Å². The van der Waals surface area contributed by atoms with Crippen molar-refractivity contribution in [2.75, 3.05) is 19.8 Å². The Morgan fingerprint density at radius 3 is 3.06 bits per heavy atom. The van der Waals surface area contributed by atoms with Crippen molar-refractivity contribution in [3.63, 3.8) is 0 Å². The van der Waals surface area contributed by atoms with E-state index < -0.39 is 0 Å². The minimum Gasteiger partial charge on any atom is -0.381 e. The van der Waals surface area contributed by atoms with Gasteiger partial charge in [-0.05, 0) is 48.9 Å². The predicted molar refractivity (Wildman–Crippen MR) is 71.4 cm³/mol. The van der Waals surface area contributed by atoms with Crippen LogP contribution in [-0.4, -0.2) is 19.8 Å². The molecule has 0 saturated carbocycles. The molecular formula is C14H20ClNO. The third-order valence-electron chi connectivity index (χ3n) is 3.31. The normalized spacial score (nSPS) is 20.5. The van der Waals surface area contributed by atoms with Crippen molar-refractivity contribution in [3.05, 3.63) is 34.3 Å². The maximum absolute atomic E-state index is 5.94. The molecule has 0 bridgehead atoms. The van der Waals surface area contributed by atoms with Gasteiger partial charge >= 0.3 is 0 Å². The van der Waals surface area contributed by atoms with Crippen LogP contribution in [0.4, 0.5) is 0 Å². The van der Waals surface area contributed by atoms with Crippen LogP contribution in [0.25, 0.3) is 0 Å². The van der Waals surface area contributed by atoms with Crippen molar-refractivity contribution in [3.8, 4) is 0 Å². The van der Waals surface area contributed by atoms with Crippen LogP contribution in [0.5, 0.6) is 0 Å². The fourth-order valence-electron chi connectivity index (χ4n) is 2.24. The smallest absolute Gasteiger partial charge is 0.0506 e. The molecule has 0 radical (unpaired) electrons. The molecule has 1 N–H and O–H groups in total. The van der Waals surface area contributed by atoms with Gasteiger partial charge < -0.3 is 10.1 Å². The number of nitrogens with one attached hydrogen (secondary N) is 1. The highest BCUT2D eigenvalue weighted by Gasteiger charge is 2.13. The summed E-state index contributed by atoms with van der Waals surface area (Å²) in [6.07, 6.45) is 2.49. The molecular weight excluding hydrogens is 234 g/mol. The third kappa shape index (κ3) is 3.98. The van der Waals surface area contributed by atoms with Crippen LogP contribution in [-0.2, 0) is 11.3 Å². The maximum Gasteiger partial charge on any atom is 0.0506 e. The first kappa shape index (κ1) is 12.9. The monoisotopic (exact) mass is 253 g/mol. The molecule has 1 aliphatic heterocycles. The Morgan fingerprint density at radius 2 is 2.35 bits per heavy atom. The van der Waals surface area contributed by atoms with E-state index in [4.69, 9.17) is 16.3 Å². The average Bonchev–Trinajstić information content (AvgIpc) is 2.33. The van der Waals surface area contributed by atoms with E-state index >= 15 is 0 Å². The summed E-state index contributed by atoms with van der Waals surface area (Å²) < 4.78 is 5.47. The van der Waals surface area contributed by atoms with E-state index in [0.717, 1.165) is 31.3 Å². The van der Waals surface area contributed by atoms with Gasteiger partial charge in [0.25, 0.3) is 0 Å². The van der Waals surface area contributed by atoms with Gasteiger partial charge in [-0.1, -0.05) is 17.7 Å². The molecule has 1 aromatic rings. The van der Waals surface area contributed by atoms with Crippen LogP contribution in [0.1, 0.15) is 24.0 Å². The molecule has 1 fully saturated rings. The fourth-order valence-corrected chi connectivity index (χ4v) is 2.46. The molecule has 3 heteroatoms. The second-order valence-corrected chi connectivity index (χ2v) is 5.22. The van der Waals surface area contributed by atoms with Crippen molar-refractivity contribution in [2.24, 2.45) is 5.92 Å². The van der Waals surface area contributed by atoms with Gasteiger partial charge in [-0.3, -0.25) is 0 Å².